The number of hydrogen-bond donors (Lipinski definition) is 1. The molecule has 1 unspecified atom stereocenters. The summed E-state index contributed by atoms with van der Waals surface area (Å²) in [6.07, 6.45) is 0. The summed E-state index contributed by atoms with van der Waals surface area (Å²) >= 11 is 12.4. The molecule has 1 aliphatic rings. The third-order valence-electron chi connectivity index (χ3n) is 5.67. The van der Waals surface area contributed by atoms with Crippen molar-refractivity contribution in [2.45, 2.75) is 19.9 Å². The van der Waals surface area contributed by atoms with Crippen LogP contribution in [0.25, 0.3) is 5.76 Å². The van der Waals surface area contributed by atoms with Crippen LogP contribution in [0.1, 0.15) is 28.3 Å². The topological polar surface area (TPSA) is 66.8 Å². The van der Waals surface area contributed by atoms with Gasteiger partial charge in [-0.1, -0.05) is 53.0 Å². The van der Waals surface area contributed by atoms with Gasteiger partial charge in [-0.2, -0.15) is 0 Å². The summed E-state index contributed by atoms with van der Waals surface area (Å²) in [4.78, 5) is 27.9. The van der Waals surface area contributed by atoms with Crippen molar-refractivity contribution in [2.75, 3.05) is 12.0 Å². The molecule has 3 aromatic carbocycles. The number of methoxy groups -OCH3 is 1. The van der Waals surface area contributed by atoms with Crippen LogP contribution in [0, 0.1) is 13.8 Å². The third kappa shape index (κ3) is 4.10. The highest BCUT2D eigenvalue weighted by atomic mass is 35.5. The molecule has 1 N–H and O–H groups in total. The van der Waals surface area contributed by atoms with Crippen molar-refractivity contribution in [1.82, 2.24) is 0 Å². The lowest BCUT2D eigenvalue weighted by Crippen LogP contribution is -2.29. The van der Waals surface area contributed by atoms with Gasteiger partial charge < -0.3 is 9.84 Å². The van der Waals surface area contributed by atoms with E-state index in [1.165, 1.54) is 12.0 Å². The van der Waals surface area contributed by atoms with E-state index in [0.29, 0.717) is 32.6 Å². The molecule has 1 atom stereocenters. The number of amides is 1. The minimum absolute atomic E-state index is 0.0390. The lowest BCUT2D eigenvalue weighted by atomic mass is 9.94. The maximum atomic E-state index is 13.3. The predicted octanol–water partition coefficient (Wildman–Crippen LogP) is 6.25. The molecule has 0 aromatic heterocycles. The van der Waals surface area contributed by atoms with Gasteiger partial charge in [-0.15, -0.1) is 0 Å². The first-order valence-electron chi connectivity index (χ1n) is 10.2. The zero-order chi connectivity index (χ0) is 23.9. The zero-order valence-corrected chi connectivity index (χ0v) is 19.7. The van der Waals surface area contributed by atoms with E-state index in [2.05, 4.69) is 0 Å². The lowest BCUT2D eigenvalue weighted by Gasteiger charge is -2.26. The molecule has 0 radical (unpaired) electrons. The Morgan fingerprint density at radius 2 is 1.67 bits per heavy atom. The molecule has 1 saturated heterocycles. The first kappa shape index (κ1) is 22.9. The van der Waals surface area contributed by atoms with Gasteiger partial charge in [-0.05, 0) is 61.4 Å². The van der Waals surface area contributed by atoms with E-state index >= 15 is 0 Å². The second-order valence-corrected chi connectivity index (χ2v) is 8.70. The van der Waals surface area contributed by atoms with Crippen molar-refractivity contribution in [3.05, 3.63) is 98.5 Å². The number of anilines is 1. The van der Waals surface area contributed by atoms with Crippen LogP contribution in [-0.2, 0) is 9.59 Å². The molecule has 1 amide bonds. The van der Waals surface area contributed by atoms with Crippen LogP contribution in [0.15, 0.2) is 66.2 Å². The normalized spacial score (nSPS) is 17.5. The number of nitrogens with zero attached hydrogens (tertiary/aromatic N) is 1. The summed E-state index contributed by atoms with van der Waals surface area (Å²) in [5, 5.41) is 12.3. The van der Waals surface area contributed by atoms with E-state index in [4.69, 9.17) is 27.9 Å². The second-order valence-electron chi connectivity index (χ2n) is 7.86. The molecule has 4 rings (SSSR count). The van der Waals surface area contributed by atoms with Gasteiger partial charge >= 0.3 is 0 Å². The summed E-state index contributed by atoms with van der Waals surface area (Å²) in [6, 6.07) is 16.3. The Labute approximate surface area is 201 Å². The van der Waals surface area contributed by atoms with Gasteiger partial charge in [0, 0.05) is 15.7 Å². The summed E-state index contributed by atoms with van der Waals surface area (Å²) in [6.45, 7) is 3.71. The van der Waals surface area contributed by atoms with Crippen molar-refractivity contribution in [3.63, 3.8) is 0 Å². The predicted molar refractivity (Wildman–Crippen MR) is 130 cm³/mol. The summed E-state index contributed by atoms with van der Waals surface area (Å²) in [7, 11) is 1.48. The number of carbonyl (C=O) groups is 2. The first-order valence-corrected chi connectivity index (χ1v) is 11.0. The maximum absolute atomic E-state index is 13.3. The maximum Gasteiger partial charge on any atom is 0.300 e. The highest BCUT2D eigenvalue weighted by Gasteiger charge is 2.47. The number of ether oxygens (including phenoxy) is 1. The minimum atomic E-state index is -0.883. The number of Topliss-reactive ketones (excluding diaryl/α,β-unsaturated/α-hetero) is 1. The molecule has 1 aliphatic heterocycles. The Bertz CT molecular complexity index is 1300. The Hall–Kier alpha value is -3.28. The molecular weight excluding hydrogens is 461 g/mol. The molecule has 0 spiro atoms. The molecule has 0 saturated carbocycles. The largest absolute Gasteiger partial charge is 0.507 e. The van der Waals surface area contributed by atoms with Gasteiger partial charge in [-0.25, -0.2) is 0 Å². The van der Waals surface area contributed by atoms with Crippen LogP contribution >= 0.6 is 23.2 Å². The quantitative estimate of drug-likeness (QED) is 0.271. The van der Waals surface area contributed by atoms with Crippen molar-refractivity contribution < 1.29 is 19.4 Å². The highest BCUT2D eigenvalue weighted by Crippen LogP contribution is 2.44. The molecular formula is C26H21Cl2NO4. The van der Waals surface area contributed by atoms with Gasteiger partial charge in [0.15, 0.2) is 0 Å². The van der Waals surface area contributed by atoms with Crippen LogP contribution in [0.5, 0.6) is 5.75 Å². The molecule has 0 aliphatic carbocycles. The Kier molecular flexibility index (Phi) is 6.19. The highest BCUT2D eigenvalue weighted by molar-refractivity contribution is 6.52. The van der Waals surface area contributed by atoms with E-state index in [1.54, 1.807) is 54.6 Å². The monoisotopic (exact) mass is 481 g/mol. The summed E-state index contributed by atoms with van der Waals surface area (Å²) in [5.74, 6) is -1.48. The van der Waals surface area contributed by atoms with Crippen LogP contribution in [0.4, 0.5) is 5.69 Å². The number of ketones is 1. The van der Waals surface area contributed by atoms with Crippen molar-refractivity contribution in [3.8, 4) is 5.75 Å². The van der Waals surface area contributed by atoms with E-state index in [0.717, 1.165) is 11.1 Å². The fourth-order valence-corrected chi connectivity index (χ4v) is 4.24. The van der Waals surface area contributed by atoms with Gasteiger partial charge in [-0.3, -0.25) is 14.5 Å². The Morgan fingerprint density at radius 1 is 0.970 bits per heavy atom. The van der Waals surface area contributed by atoms with Gasteiger partial charge in [0.05, 0.1) is 24.3 Å². The number of carbonyl (C=O) groups excluding carboxylic acids is 2. The lowest BCUT2D eigenvalue weighted by molar-refractivity contribution is -0.132. The number of hydrogen-bond acceptors (Lipinski definition) is 4. The van der Waals surface area contributed by atoms with E-state index < -0.39 is 17.7 Å². The average molecular weight is 482 g/mol. The molecule has 33 heavy (non-hydrogen) atoms. The van der Waals surface area contributed by atoms with Crippen LogP contribution < -0.4 is 9.64 Å². The molecule has 0 bridgehead atoms. The number of benzene rings is 3. The molecule has 3 aromatic rings. The number of aliphatic hydroxyl groups excluding tert-OH is 1. The number of halogens is 2. The fraction of sp³-hybridized carbons (Fsp3) is 0.154. The smallest absolute Gasteiger partial charge is 0.300 e. The number of rotatable bonds is 4. The van der Waals surface area contributed by atoms with Crippen LogP contribution in [0.2, 0.25) is 10.0 Å². The summed E-state index contributed by atoms with van der Waals surface area (Å²) in [5.41, 5.74) is 3.05. The molecule has 7 heteroatoms. The molecule has 5 nitrogen and oxygen atoms in total. The number of aliphatic hydroxyl groups is 1. The van der Waals surface area contributed by atoms with Gasteiger partial charge in [0.2, 0.25) is 0 Å². The zero-order valence-electron chi connectivity index (χ0n) is 18.2. The molecule has 1 fully saturated rings. The van der Waals surface area contributed by atoms with Gasteiger partial charge in [0.25, 0.3) is 11.7 Å². The third-order valence-corrected chi connectivity index (χ3v) is 6.33. The number of aryl methyl sites for hydroxylation is 2. The average Bonchev–Trinajstić information content (AvgIpc) is 3.06. The van der Waals surface area contributed by atoms with E-state index in [-0.39, 0.29) is 11.3 Å². The van der Waals surface area contributed by atoms with Crippen LogP contribution in [-0.4, -0.2) is 23.9 Å². The molecule has 1 heterocycles. The van der Waals surface area contributed by atoms with Crippen LogP contribution in [0.3, 0.4) is 0 Å². The Balaban J connectivity index is 1.99. The van der Waals surface area contributed by atoms with Crippen molar-refractivity contribution in [2.24, 2.45) is 0 Å². The fourth-order valence-electron chi connectivity index (χ4n) is 3.94. The van der Waals surface area contributed by atoms with E-state index in [9.17, 15) is 14.7 Å². The second kappa shape index (κ2) is 8.93. The van der Waals surface area contributed by atoms with Crippen molar-refractivity contribution >= 4 is 46.3 Å². The standard InChI is InChI=1S/C26H21Cl2NO4/c1-14-4-11-21(33-3)19(12-14)24(30)22-23(16-6-8-17(27)9-7-16)29(26(32)25(22)31)18-10-5-15(2)20(28)13-18/h4-13,23,30H,1-3H3/b24-22+. The van der Waals surface area contributed by atoms with E-state index in [1.807, 2.05) is 19.9 Å². The molecule has 168 valence electrons. The SMILES string of the molecule is COc1ccc(C)cc1/C(O)=C1\C(=O)C(=O)N(c2ccc(C)c(Cl)c2)C1c1ccc(Cl)cc1. The van der Waals surface area contributed by atoms with Gasteiger partial charge in [0.1, 0.15) is 11.5 Å². The Morgan fingerprint density at radius 3 is 2.30 bits per heavy atom. The van der Waals surface area contributed by atoms with Crippen molar-refractivity contribution in [1.29, 1.82) is 0 Å². The minimum Gasteiger partial charge on any atom is -0.507 e. The summed E-state index contributed by atoms with van der Waals surface area (Å²) < 4.78 is 5.40. The first-order chi connectivity index (χ1) is 15.7.